The van der Waals surface area contributed by atoms with Crippen molar-refractivity contribution in [2.45, 2.75) is 50.8 Å². The van der Waals surface area contributed by atoms with Crippen molar-refractivity contribution in [2.75, 3.05) is 6.61 Å². The summed E-state index contributed by atoms with van der Waals surface area (Å²) in [5.74, 6) is -1.44. The van der Waals surface area contributed by atoms with Gasteiger partial charge < -0.3 is 21.7 Å². The SMILES string of the molecule is CC(C)C(N)C(=O)C(N)([C]=O)C(CCc1ccccc1)C[C@H](O)CO. The number of carbonyl (C=O) groups excluding carboxylic acids is 2. The van der Waals surface area contributed by atoms with E-state index in [1.165, 1.54) is 0 Å². The second-order valence-electron chi connectivity index (χ2n) is 6.90. The third-order valence-corrected chi connectivity index (χ3v) is 4.63. The highest BCUT2D eigenvalue weighted by Gasteiger charge is 2.45. The average Bonchev–Trinajstić information content (AvgIpc) is 2.63. The van der Waals surface area contributed by atoms with Gasteiger partial charge in [-0.05, 0) is 36.7 Å². The van der Waals surface area contributed by atoms with E-state index in [1.807, 2.05) is 30.3 Å². The van der Waals surface area contributed by atoms with E-state index >= 15 is 0 Å². The van der Waals surface area contributed by atoms with Gasteiger partial charge in [0.15, 0.2) is 5.78 Å². The Hall–Kier alpha value is -1.60. The van der Waals surface area contributed by atoms with E-state index in [4.69, 9.17) is 16.6 Å². The molecular weight excluding hydrogens is 320 g/mol. The van der Waals surface area contributed by atoms with Gasteiger partial charge in [0.25, 0.3) is 0 Å². The van der Waals surface area contributed by atoms with Crippen LogP contribution in [-0.2, 0) is 16.0 Å². The van der Waals surface area contributed by atoms with Gasteiger partial charge in [-0.2, -0.15) is 0 Å². The topological polar surface area (TPSA) is 127 Å². The Bertz CT molecular complexity index is 550. The minimum atomic E-state index is -1.91. The number of Topliss-reactive ketones (excluding diaryl/α,β-unsaturated/α-hetero) is 1. The summed E-state index contributed by atoms with van der Waals surface area (Å²) in [5, 5.41) is 19.0. The number of aliphatic hydroxyl groups excluding tert-OH is 2. The van der Waals surface area contributed by atoms with E-state index in [2.05, 4.69) is 0 Å². The molecule has 0 saturated heterocycles. The van der Waals surface area contributed by atoms with Crippen LogP contribution in [0.25, 0.3) is 0 Å². The maximum absolute atomic E-state index is 12.7. The third kappa shape index (κ3) is 5.71. The number of carbonyl (C=O) groups is 1. The van der Waals surface area contributed by atoms with E-state index in [0.717, 1.165) is 5.56 Å². The number of rotatable bonds is 11. The van der Waals surface area contributed by atoms with Crippen LogP contribution in [0.1, 0.15) is 32.3 Å². The van der Waals surface area contributed by atoms with Crippen LogP contribution >= 0.6 is 0 Å². The quantitative estimate of drug-likeness (QED) is 0.427. The highest BCUT2D eigenvalue weighted by Crippen LogP contribution is 2.27. The number of benzene rings is 1. The molecule has 0 saturated carbocycles. The van der Waals surface area contributed by atoms with Crippen LogP contribution in [0.3, 0.4) is 0 Å². The van der Waals surface area contributed by atoms with Crippen molar-refractivity contribution in [3.63, 3.8) is 0 Å². The Morgan fingerprint density at radius 3 is 2.36 bits per heavy atom. The molecule has 1 aromatic rings. The summed E-state index contributed by atoms with van der Waals surface area (Å²) in [5.41, 5.74) is 11.2. The van der Waals surface area contributed by atoms with Gasteiger partial charge in [-0.1, -0.05) is 44.2 Å². The maximum Gasteiger partial charge on any atom is 0.228 e. The van der Waals surface area contributed by atoms with Crippen molar-refractivity contribution < 1.29 is 19.8 Å². The molecule has 0 amide bonds. The van der Waals surface area contributed by atoms with Gasteiger partial charge in [0.05, 0.1) is 18.8 Å². The molecule has 0 aliphatic carbocycles. The van der Waals surface area contributed by atoms with E-state index < -0.39 is 36.0 Å². The molecule has 1 rings (SSSR count). The summed E-state index contributed by atoms with van der Waals surface area (Å²) < 4.78 is 0. The molecule has 1 radical (unpaired) electrons. The predicted octanol–water partition coefficient (Wildman–Crippen LogP) is 0.338. The molecule has 0 aliphatic heterocycles. The molecule has 3 unspecified atom stereocenters. The largest absolute Gasteiger partial charge is 0.394 e. The Morgan fingerprint density at radius 1 is 1.28 bits per heavy atom. The minimum Gasteiger partial charge on any atom is -0.394 e. The molecule has 6 heteroatoms. The highest BCUT2D eigenvalue weighted by atomic mass is 16.3. The van der Waals surface area contributed by atoms with Crippen LogP contribution in [-0.4, -0.2) is 46.6 Å². The predicted molar refractivity (Wildman–Crippen MR) is 96.4 cm³/mol. The minimum absolute atomic E-state index is 0.0195. The molecule has 0 heterocycles. The van der Waals surface area contributed by atoms with Crippen molar-refractivity contribution in [1.82, 2.24) is 0 Å². The molecule has 0 aliphatic rings. The lowest BCUT2D eigenvalue weighted by Crippen LogP contribution is -2.62. The van der Waals surface area contributed by atoms with Gasteiger partial charge in [0, 0.05) is 0 Å². The summed E-state index contributed by atoms with van der Waals surface area (Å²) in [6.07, 6.45) is 1.61. The second-order valence-corrected chi connectivity index (χ2v) is 6.90. The molecule has 0 fully saturated rings. The first-order valence-electron chi connectivity index (χ1n) is 8.57. The summed E-state index contributed by atoms with van der Waals surface area (Å²) in [6, 6.07) is 8.67. The van der Waals surface area contributed by atoms with E-state index in [9.17, 15) is 14.7 Å². The number of aryl methyl sites for hydroxylation is 1. The van der Waals surface area contributed by atoms with Gasteiger partial charge in [0.1, 0.15) is 5.54 Å². The summed E-state index contributed by atoms with van der Waals surface area (Å²) in [6.45, 7) is 3.08. The standard InChI is InChI=1S/C19H29N2O4/c1-13(2)17(20)18(25)19(21,12-23)15(10-16(24)11-22)9-8-14-6-4-3-5-7-14/h3-7,13,15-17,22,24H,8-11,20-21H2,1-2H3/t15?,16-,17?,19?/m0/s1. The lowest BCUT2D eigenvalue weighted by Gasteiger charge is -2.34. The lowest BCUT2D eigenvalue weighted by atomic mass is 9.73. The number of ketones is 1. The Kier molecular flexibility index (Phi) is 8.38. The zero-order chi connectivity index (χ0) is 19.0. The molecular formula is C19H29N2O4. The molecule has 139 valence electrons. The molecule has 0 spiro atoms. The normalized spacial score (nSPS) is 17.6. The third-order valence-electron chi connectivity index (χ3n) is 4.63. The molecule has 0 bridgehead atoms. The monoisotopic (exact) mass is 349 g/mol. The zero-order valence-electron chi connectivity index (χ0n) is 14.9. The van der Waals surface area contributed by atoms with Gasteiger partial charge in [-0.25, -0.2) is 0 Å². The number of hydrogen-bond acceptors (Lipinski definition) is 6. The zero-order valence-corrected chi connectivity index (χ0v) is 14.9. The first-order chi connectivity index (χ1) is 11.8. The molecule has 0 aromatic heterocycles. The van der Waals surface area contributed by atoms with E-state index in [0.29, 0.717) is 12.8 Å². The van der Waals surface area contributed by atoms with Crippen LogP contribution in [0, 0.1) is 11.8 Å². The lowest BCUT2D eigenvalue weighted by molar-refractivity contribution is -0.126. The second kappa shape index (κ2) is 9.77. The van der Waals surface area contributed by atoms with Crippen LogP contribution in [0.5, 0.6) is 0 Å². The van der Waals surface area contributed by atoms with Gasteiger partial charge in [-0.3, -0.25) is 9.59 Å². The van der Waals surface area contributed by atoms with Crippen LogP contribution in [0.15, 0.2) is 30.3 Å². The van der Waals surface area contributed by atoms with Crippen molar-refractivity contribution in [3.05, 3.63) is 35.9 Å². The van der Waals surface area contributed by atoms with Gasteiger partial charge >= 0.3 is 0 Å². The molecule has 6 nitrogen and oxygen atoms in total. The average molecular weight is 349 g/mol. The summed E-state index contributed by atoms with van der Waals surface area (Å²) in [4.78, 5) is 24.4. The van der Waals surface area contributed by atoms with Gasteiger partial charge in [0.2, 0.25) is 6.29 Å². The number of nitrogens with two attached hydrogens (primary N) is 2. The molecule has 25 heavy (non-hydrogen) atoms. The van der Waals surface area contributed by atoms with E-state index in [-0.39, 0.29) is 12.3 Å². The number of aliphatic hydroxyl groups is 2. The molecule has 1 aromatic carbocycles. The van der Waals surface area contributed by atoms with Gasteiger partial charge in [-0.15, -0.1) is 0 Å². The smallest absolute Gasteiger partial charge is 0.228 e. The Labute approximate surface area is 149 Å². The van der Waals surface area contributed by atoms with Crippen molar-refractivity contribution in [1.29, 1.82) is 0 Å². The first kappa shape index (κ1) is 21.4. The fourth-order valence-corrected chi connectivity index (χ4v) is 2.83. The number of hydrogen-bond donors (Lipinski definition) is 4. The summed E-state index contributed by atoms with van der Waals surface area (Å²) >= 11 is 0. The molecule has 4 atom stereocenters. The van der Waals surface area contributed by atoms with Crippen molar-refractivity contribution >= 4 is 12.1 Å². The Morgan fingerprint density at radius 2 is 1.88 bits per heavy atom. The first-order valence-corrected chi connectivity index (χ1v) is 8.57. The van der Waals surface area contributed by atoms with Crippen LogP contribution in [0.2, 0.25) is 0 Å². The van der Waals surface area contributed by atoms with Crippen LogP contribution in [0.4, 0.5) is 0 Å². The summed E-state index contributed by atoms with van der Waals surface area (Å²) in [7, 11) is 0. The van der Waals surface area contributed by atoms with Crippen LogP contribution < -0.4 is 11.5 Å². The highest BCUT2D eigenvalue weighted by molar-refractivity contribution is 6.06. The maximum atomic E-state index is 12.7. The fraction of sp³-hybridized carbons (Fsp3) is 0.579. The van der Waals surface area contributed by atoms with Crippen molar-refractivity contribution in [3.8, 4) is 0 Å². The Balaban J connectivity index is 3.04. The fourth-order valence-electron chi connectivity index (χ4n) is 2.83. The van der Waals surface area contributed by atoms with E-state index in [1.54, 1.807) is 20.1 Å². The molecule has 6 N–H and O–H groups in total. The van der Waals surface area contributed by atoms with Crippen molar-refractivity contribution in [2.24, 2.45) is 23.3 Å².